The van der Waals surface area contributed by atoms with Crippen molar-refractivity contribution in [3.63, 3.8) is 0 Å². The number of hydrazone groups is 1. The Morgan fingerprint density at radius 1 is 1.40 bits per heavy atom. The van der Waals surface area contributed by atoms with Gasteiger partial charge in [-0.3, -0.25) is 4.79 Å². The Morgan fingerprint density at radius 3 is 2.55 bits per heavy atom. The van der Waals surface area contributed by atoms with Crippen molar-refractivity contribution in [1.82, 2.24) is 0 Å². The van der Waals surface area contributed by atoms with Gasteiger partial charge in [-0.25, -0.2) is 9.80 Å². The molecule has 1 heterocycles. The first-order chi connectivity index (χ1) is 9.20. The summed E-state index contributed by atoms with van der Waals surface area (Å²) in [5.41, 5.74) is -1.64. The molecule has 0 aromatic heterocycles. The molecule has 0 saturated carbocycles. The van der Waals surface area contributed by atoms with Gasteiger partial charge in [0.2, 0.25) is 0 Å². The molecule has 1 aromatic rings. The molecule has 0 radical (unpaired) electrons. The highest BCUT2D eigenvalue weighted by Crippen LogP contribution is 2.30. The maximum absolute atomic E-state index is 12.5. The lowest BCUT2D eigenvalue weighted by Gasteiger charge is -2.12. The maximum Gasteiger partial charge on any atom is 0.431 e. The first-order valence-corrected chi connectivity index (χ1v) is 5.58. The number of carbonyl (C=O) groups excluding carboxylic acids is 1. The highest BCUT2D eigenvalue weighted by Gasteiger charge is 2.42. The smallest absolute Gasteiger partial charge is 0.431 e. The van der Waals surface area contributed by atoms with Gasteiger partial charge >= 0.3 is 12.1 Å². The zero-order chi connectivity index (χ0) is 15.1. The predicted molar refractivity (Wildman–Crippen MR) is 64.0 cm³/mol. The number of benzene rings is 1. The van der Waals surface area contributed by atoms with Crippen LogP contribution in [0.5, 0.6) is 0 Å². The van der Waals surface area contributed by atoms with Crippen LogP contribution < -0.4 is 5.01 Å². The molecule has 0 aliphatic carbocycles. The molecule has 2 rings (SSSR count). The van der Waals surface area contributed by atoms with Gasteiger partial charge in [-0.2, -0.15) is 18.3 Å². The average molecular weight is 307 g/mol. The fourth-order valence-corrected chi connectivity index (χ4v) is 1.80. The van der Waals surface area contributed by atoms with Gasteiger partial charge in [-0.15, -0.1) is 0 Å². The zero-order valence-electron chi connectivity index (χ0n) is 9.61. The van der Waals surface area contributed by atoms with Crippen LogP contribution in [0.1, 0.15) is 16.8 Å². The van der Waals surface area contributed by atoms with Crippen molar-refractivity contribution in [2.45, 2.75) is 12.6 Å². The number of hydrogen-bond donors (Lipinski definition) is 1. The lowest BCUT2D eigenvalue weighted by molar-refractivity contribution is -0.117. The fourth-order valence-electron chi connectivity index (χ4n) is 1.60. The molecular formula is C11H6ClF3N2O3. The van der Waals surface area contributed by atoms with E-state index in [2.05, 4.69) is 5.10 Å². The molecule has 0 saturated heterocycles. The van der Waals surface area contributed by atoms with Gasteiger partial charge in [-0.05, 0) is 18.2 Å². The van der Waals surface area contributed by atoms with Gasteiger partial charge in [0.05, 0.1) is 22.7 Å². The number of aromatic carboxylic acids is 1. The summed E-state index contributed by atoms with van der Waals surface area (Å²) in [6.45, 7) is 0. The second-order valence-corrected chi connectivity index (χ2v) is 4.30. The Kier molecular flexibility index (Phi) is 3.43. The first kappa shape index (κ1) is 14.3. The number of rotatable bonds is 2. The maximum atomic E-state index is 12.5. The third-order valence-electron chi connectivity index (χ3n) is 2.53. The summed E-state index contributed by atoms with van der Waals surface area (Å²) in [6, 6.07) is 3.38. The standard InChI is InChI=1S/C11H6ClF3N2O3/c12-7-2-1-5(3-6(7)10(19)20)17-9(18)4-8(16-17)11(13,14)15/h1-3H,4H2,(H,19,20). The molecule has 1 amide bonds. The number of carbonyl (C=O) groups is 2. The summed E-state index contributed by atoms with van der Waals surface area (Å²) in [5.74, 6) is -2.25. The number of carboxylic acid groups (broad SMARTS) is 1. The van der Waals surface area contributed by atoms with Gasteiger partial charge in [0.1, 0.15) is 0 Å². The van der Waals surface area contributed by atoms with E-state index in [1.165, 1.54) is 12.1 Å². The number of halogens is 4. The fraction of sp³-hybridized carbons (Fsp3) is 0.182. The minimum absolute atomic E-state index is 0.0870. The Hall–Kier alpha value is -2.09. The summed E-state index contributed by atoms with van der Waals surface area (Å²) < 4.78 is 37.4. The van der Waals surface area contributed by atoms with E-state index in [0.29, 0.717) is 5.01 Å². The first-order valence-electron chi connectivity index (χ1n) is 5.20. The Labute approximate surface area is 115 Å². The summed E-state index contributed by atoms with van der Waals surface area (Å²) in [6.07, 6.45) is -5.58. The van der Waals surface area contributed by atoms with Crippen molar-refractivity contribution in [3.05, 3.63) is 28.8 Å². The van der Waals surface area contributed by atoms with Crippen LogP contribution in [0.15, 0.2) is 23.3 Å². The molecule has 20 heavy (non-hydrogen) atoms. The molecular weight excluding hydrogens is 301 g/mol. The van der Waals surface area contributed by atoms with Crippen LogP contribution in [-0.4, -0.2) is 28.9 Å². The van der Waals surface area contributed by atoms with Crippen LogP contribution in [0.2, 0.25) is 5.02 Å². The van der Waals surface area contributed by atoms with Crippen molar-refractivity contribution < 1.29 is 27.9 Å². The number of carboxylic acids is 1. The Bertz CT molecular complexity index is 628. The molecule has 0 bridgehead atoms. The lowest BCUT2D eigenvalue weighted by atomic mass is 10.2. The second-order valence-electron chi connectivity index (χ2n) is 3.90. The van der Waals surface area contributed by atoms with Crippen molar-refractivity contribution in [2.24, 2.45) is 5.10 Å². The topological polar surface area (TPSA) is 70.0 Å². The Balaban J connectivity index is 2.42. The minimum atomic E-state index is -4.70. The van der Waals surface area contributed by atoms with Gasteiger partial charge in [0.15, 0.2) is 5.71 Å². The Morgan fingerprint density at radius 2 is 2.05 bits per heavy atom. The molecule has 106 valence electrons. The molecule has 1 aliphatic rings. The molecule has 1 aromatic carbocycles. The highest BCUT2D eigenvalue weighted by molar-refractivity contribution is 6.33. The van der Waals surface area contributed by atoms with E-state index in [9.17, 15) is 22.8 Å². The molecule has 9 heteroatoms. The highest BCUT2D eigenvalue weighted by atomic mass is 35.5. The minimum Gasteiger partial charge on any atom is -0.478 e. The number of nitrogens with zero attached hydrogens (tertiary/aromatic N) is 2. The van der Waals surface area contributed by atoms with Crippen molar-refractivity contribution in [1.29, 1.82) is 0 Å². The number of hydrogen-bond acceptors (Lipinski definition) is 3. The van der Waals surface area contributed by atoms with E-state index in [1.54, 1.807) is 0 Å². The summed E-state index contributed by atoms with van der Waals surface area (Å²) in [4.78, 5) is 22.4. The van der Waals surface area contributed by atoms with E-state index >= 15 is 0 Å². The molecule has 0 atom stereocenters. The summed E-state index contributed by atoms with van der Waals surface area (Å²) in [5, 5.41) is 12.5. The van der Waals surface area contributed by atoms with Gasteiger partial charge in [-0.1, -0.05) is 11.6 Å². The number of anilines is 1. The number of amides is 1. The normalized spacial score (nSPS) is 15.5. The molecule has 0 unspecified atom stereocenters. The third kappa shape index (κ3) is 2.60. The molecule has 1 N–H and O–H groups in total. The third-order valence-corrected chi connectivity index (χ3v) is 2.86. The summed E-state index contributed by atoms with van der Waals surface area (Å²) in [7, 11) is 0. The average Bonchev–Trinajstić information content (AvgIpc) is 2.71. The van der Waals surface area contributed by atoms with E-state index in [0.717, 1.165) is 6.07 Å². The van der Waals surface area contributed by atoms with E-state index in [1.807, 2.05) is 0 Å². The van der Waals surface area contributed by atoms with Crippen molar-refractivity contribution in [3.8, 4) is 0 Å². The van der Waals surface area contributed by atoms with Gasteiger partial charge in [0, 0.05) is 0 Å². The molecule has 0 fully saturated rings. The monoisotopic (exact) mass is 306 g/mol. The van der Waals surface area contributed by atoms with Crippen LogP contribution in [0, 0.1) is 0 Å². The quantitative estimate of drug-likeness (QED) is 0.913. The van der Waals surface area contributed by atoms with Gasteiger partial charge < -0.3 is 5.11 Å². The van der Waals surface area contributed by atoms with Crippen LogP contribution in [0.3, 0.4) is 0 Å². The SMILES string of the molecule is O=C(O)c1cc(N2N=C(C(F)(F)F)CC2=O)ccc1Cl. The largest absolute Gasteiger partial charge is 0.478 e. The van der Waals surface area contributed by atoms with E-state index in [4.69, 9.17) is 16.7 Å². The lowest BCUT2D eigenvalue weighted by Crippen LogP contribution is -2.22. The van der Waals surface area contributed by atoms with E-state index < -0.39 is 30.2 Å². The second kappa shape index (κ2) is 4.78. The zero-order valence-corrected chi connectivity index (χ0v) is 10.4. The number of alkyl halides is 3. The molecule has 5 nitrogen and oxygen atoms in total. The molecule has 0 spiro atoms. The molecule has 1 aliphatic heterocycles. The van der Waals surface area contributed by atoms with Crippen LogP contribution >= 0.6 is 11.6 Å². The van der Waals surface area contributed by atoms with Crippen molar-refractivity contribution in [2.75, 3.05) is 5.01 Å². The van der Waals surface area contributed by atoms with Crippen LogP contribution in [0.25, 0.3) is 0 Å². The van der Waals surface area contributed by atoms with E-state index in [-0.39, 0.29) is 16.3 Å². The predicted octanol–water partition coefficient (Wildman–Crippen LogP) is 2.69. The van der Waals surface area contributed by atoms with Crippen LogP contribution in [-0.2, 0) is 4.79 Å². The van der Waals surface area contributed by atoms with Crippen molar-refractivity contribution >= 4 is 34.9 Å². The van der Waals surface area contributed by atoms with Crippen LogP contribution in [0.4, 0.5) is 18.9 Å². The van der Waals surface area contributed by atoms with Gasteiger partial charge in [0.25, 0.3) is 5.91 Å². The summed E-state index contributed by atoms with van der Waals surface area (Å²) >= 11 is 5.64.